The lowest BCUT2D eigenvalue weighted by molar-refractivity contribution is 0.882. The lowest BCUT2D eigenvalue weighted by atomic mass is 10.2. The van der Waals surface area contributed by atoms with E-state index in [2.05, 4.69) is 31.4 Å². The van der Waals surface area contributed by atoms with Gasteiger partial charge in [-0.25, -0.2) is 4.98 Å². The summed E-state index contributed by atoms with van der Waals surface area (Å²) in [5, 5.41) is 0. The van der Waals surface area contributed by atoms with Crippen LogP contribution < -0.4 is 0 Å². The quantitative estimate of drug-likeness (QED) is 0.652. The van der Waals surface area contributed by atoms with Crippen LogP contribution in [-0.2, 0) is 6.54 Å². The van der Waals surface area contributed by atoms with Crippen molar-refractivity contribution in [2.75, 3.05) is 0 Å². The van der Waals surface area contributed by atoms with E-state index in [-0.39, 0.29) is 0 Å². The number of benzene rings is 2. The highest BCUT2D eigenvalue weighted by Gasteiger charge is 2.11. The number of aromatic nitrogens is 2. The molecule has 0 atom stereocenters. The van der Waals surface area contributed by atoms with Gasteiger partial charge in [0.05, 0.1) is 17.6 Å². The normalized spacial score (nSPS) is 10.5. The molecule has 0 amide bonds. The summed E-state index contributed by atoms with van der Waals surface area (Å²) in [6.45, 7) is 0.516. The standard InChI is InChI=1S/C16H11BrN2/c1-2-10-19-15-9-4-3-8-14(15)18-16(19)12-6-5-7-13(17)11-12/h1,3-9,11H,10H2. The van der Waals surface area contributed by atoms with Crippen molar-refractivity contribution in [3.8, 4) is 23.7 Å². The first-order valence-electron chi connectivity index (χ1n) is 5.94. The SMILES string of the molecule is C#CCn1c(-c2cccc(Br)c2)nc2ccccc21. The number of fused-ring (bicyclic) bond motifs is 1. The van der Waals surface area contributed by atoms with Crippen molar-refractivity contribution in [1.82, 2.24) is 9.55 Å². The largest absolute Gasteiger partial charge is 0.312 e. The molecule has 0 saturated carbocycles. The molecule has 1 aromatic heterocycles. The molecule has 0 bridgehead atoms. The minimum absolute atomic E-state index is 0.516. The Labute approximate surface area is 120 Å². The van der Waals surface area contributed by atoms with E-state index in [1.807, 2.05) is 48.5 Å². The van der Waals surface area contributed by atoms with E-state index >= 15 is 0 Å². The topological polar surface area (TPSA) is 17.8 Å². The molecule has 2 nitrogen and oxygen atoms in total. The molecule has 2 aromatic carbocycles. The molecule has 92 valence electrons. The Morgan fingerprint density at radius 2 is 2.00 bits per heavy atom. The van der Waals surface area contributed by atoms with E-state index in [1.165, 1.54) is 0 Å². The highest BCUT2D eigenvalue weighted by atomic mass is 79.9. The third-order valence-electron chi connectivity index (χ3n) is 2.99. The van der Waals surface area contributed by atoms with Crippen molar-refractivity contribution in [3.63, 3.8) is 0 Å². The zero-order chi connectivity index (χ0) is 13.2. The molecule has 1 heterocycles. The lowest BCUT2D eigenvalue weighted by Gasteiger charge is -2.05. The van der Waals surface area contributed by atoms with Crippen LogP contribution in [0, 0.1) is 12.3 Å². The zero-order valence-electron chi connectivity index (χ0n) is 10.2. The van der Waals surface area contributed by atoms with Crippen LogP contribution in [0.5, 0.6) is 0 Å². The minimum atomic E-state index is 0.516. The molecule has 0 N–H and O–H groups in total. The molecule has 0 unspecified atom stereocenters. The lowest BCUT2D eigenvalue weighted by Crippen LogP contribution is -1.98. The van der Waals surface area contributed by atoms with Crippen molar-refractivity contribution >= 4 is 27.0 Å². The van der Waals surface area contributed by atoms with E-state index in [0.717, 1.165) is 26.9 Å². The van der Waals surface area contributed by atoms with Gasteiger partial charge in [0.25, 0.3) is 0 Å². The highest BCUT2D eigenvalue weighted by Crippen LogP contribution is 2.26. The van der Waals surface area contributed by atoms with E-state index < -0.39 is 0 Å². The monoisotopic (exact) mass is 310 g/mol. The van der Waals surface area contributed by atoms with E-state index in [1.54, 1.807) is 0 Å². The number of nitrogens with zero attached hydrogens (tertiary/aromatic N) is 2. The van der Waals surface area contributed by atoms with Crippen LogP contribution in [0.3, 0.4) is 0 Å². The van der Waals surface area contributed by atoms with Crippen molar-refractivity contribution in [2.24, 2.45) is 0 Å². The van der Waals surface area contributed by atoms with Crippen LogP contribution in [0.4, 0.5) is 0 Å². The number of para-hydroxylation sites is 2. The maximum absolute atomic E-state index is 5.48. The van der Waals surface area contributed by atoms with Crippen LogP contribution in [0.1, 0.15) is 0 Å². The zero-order valence-corrected chi connectivity index (χ0v) is 11.8. The number of terminal acetylenes is 1. The molecule has 0 saturated heterocycles. The predicted molar refractivity (Wildman–Crippen MR) is 81.7 cm³/mol. The summed E-state index contributed by atoms with van der Waals surface area (Å²) in [6, 6.07) is 16.1. The van der Waals surface area contributed by atoms with Crippen LogP contribution in [0.15, 0.2) is 53.0 Å². The average molecular weight is 311 g/mol. The molecular formula is C16H11BrN2. The molecule has 0 aliphatic rings. The Hall–Kier alpha value is -2.05. The second kappa shape index (κ2) is 4.91. The number of hydrogen-bond acceptors (Lipinski definition) is 1. The second-order valence-electron chi connectivity index (χ2n) is 4.22. The number of hydrogen-bond donors (Lipinski definition) is 0. The number of rotatable bonds is 2. The fraction of sp³-hybridized carbons (Fsp3) is 0.0625. The summed E-state index contributed by atoms with van der Waals surface area (Å²) >= 11 is 3.49. The Morgan fingerprint density at radius 3 is 2.79 bits per heavy atom. The van der Waals surface area contributed by atoms with Crippen LogP contribution in [0.25, 0.3) is 22.4 Å². The van der Waals surface area contributed by atoms with Gasteiger partial charge in [-0.2, -0.15) is 0 Å². The summed E-state index contributed by atoms with van der Waals surface area (Å²) in [5.41, 5.74) is 3.09. The van der Waals surface area contributed by atoms with Gasteiger partial charge < -0.3 is 4.57 Å². The van der Waals surface area contributed by atoms with Crippen LogP contribution >= 0.6 is 15.9 Å². The van der Waals surface area contributed by atoms with Gasteiger partial charge in [-0.15, -0.1) is 6.42 Å². The third-order valence-corrected chi connectivity index (χ3v) is 3.48. The Bertz CT molecular complexity index is 781. The molecule has 0 radical (unpaired) electrons. The van der Waals surface area contributed by atoms with E-state index in [0.29, 0.717) is 6.54 Å². The first-order valence-corrected chi connectivity index (χ1v) is 6.73. The van der Waals surface area contributed by atoms with Gasteiger partial charge >= 0.3 is 0 Å². The summed E-state index contributed by atoms with van der Waals surface area (Å²) in [6.07, 6.45) is 5.48. The summed E-state index contributed by atoms with van der Waals surface area (Å²) in [5.74, 6) is 3.60. The highest BCUT2D eigenvalue weighted by molar-refractivity contribution is 9.10. The Morgan fingerprint density at radius 1 is 1.16 bits per heavy atom. The number of imidazole rings is 1. The minimum Gasteiger partial charge on any atom is -0.312 e. The van der Waals surface area contributed by atoms with Crippen molar-refractivity contribution in [2.45, 2.75) is 6.54 Å². The van der Waals surface area contributed by atoms with Crippen molar-refractivity contribution < 1.29 is 0 Å². The van der Waals surface area contributed by atoms with Crippen molar-refractivity contribution in [1.29, 1.82) is 0 Å². The number of halogens is 1. The van der Waals surface area contributed by atoms with Gasteiger partial charge in [0.2, 0.25) is 0 Å². The maximum atomic E-state index is 5.48. The Kier molecular flexibility index (Phi) is 3.10. The van der Waals surface area contributed by atoms with Gasteiger partial charge in [0.1, 0.15) is 5.82 Å². The molecule has 0 aliphatic carbocycles. The summed E-state index contributed by atoms with van der Waals surface area (Å²) < 4.78 is 3.10. The third kappa shape index (κ3) is 2.16. The van der Waals surface area contributed by atoms with Gasteiger partial charge in [-0.1, -0.05) is 46.1 Å². The van der Waals surface area contributed by atoms with Gasteiger partial charge in [0.15, 0.2) is 0 Å². The fourth-order valence-corrected chi connectivity index (χ4v) is 2.57. The molecule has 0 aliphatic heterocycles. The molecular weight excluding hydrogens is 300 g/mol. The van der Waals surface area contributed by atoms with Crippen LogP contribution in [-0.4, -0.2) is 9.55 Å². The maximum Gasteiger partial charge on any atom is 0.142 e. The first-order chi connectivity index (χ1) is 9.29. The van der Waals surface area contributed by atoms with Crippen molar-refractivity contribution in [3.05, 3.63) is 53.0 Å². The average Bonchev–Trinajstić information content (AvgIpc) is 2.79. The molecule has 3 rings (SSSR count). The Balaban J connectivity index is 2.28. The summed E-state index contributed by atoms with van der Waals surface area (Å²) in [4.78, 5) is 4.69. The molecule has 19 heavy (non-hydrogen) atoms. The van der Waals surface area contributed by atoms with Gasteiger partial charge in [0, 0.05) is 10.0 Å². The fourth-order valence-electron chi connectivity index (χ4n) is 2.17. The van der Waals surface area contributed by atoms with Gasteiger partial charge in [-0.3, -0.25) is 0 Å². The molecule has 0 fully saturated rings. The van der Waals surface area contributed by atoms with E-state index in [9.17, 15) is 0 Å². The second-order valence-corrected chi connectivity index (χ2v) is 5.14. The van der Waals surface area contributed by atoms with Crippen LogP contribution in [0.2, 0.25) is 0 Å². The van der Waals surface area contributed by atoms with E-state index in [4.69, 9.17) is 6.42 Å². The molecule has 3 heteroatoms. The molecule has 0 spiro atoms. The first kappa shape index (κ1) is 12.0. The predicted octanol–water partition coefficient (Wildman–Crippen LogP) is 4.10. The smallest absolute Gasteiger partial charge is 0.142 e. The molecule has 3 aromatic rings. The van der Waals surface area contributed by atoms with Gasteiger partial charge in [-0.05, 0) is 24.3 Å². The summed E-state index contributed by atoms with van der Waals surface area (Å²) in [7, 11) is 0.